The number of nitrogens with two attached hydrogens (primary N) is 1. The molecule has 7 heteroatoms. The Bertz CT molecular complexity index is 544. The molecule has 6 nitrogen and oxygen atoms in total. The quantitative estimate of drug-likeness (QED) is 0.761. The van der Waals surface area contributed by atoms with Gasteiger partial charge in [-0.15, -0.1) is 0 Å². The van der Waals surface area contributed by atoms with E-state index >= 15 is 0 Å². The van der Waals surface area contributed by atoms with E-state index in [0.717, 1.165) is 0 Å². The Morgan fingerprint density at radius 2 is 2.05 bits per heavy atom. The Balaban J connectivity index is 2.93. The van der Waals surface area contributed by atoms with Gasteiger partial charge in [0.2, 0.25) is 10.0 Å². The summed E-state index contributed by atoms with van der Waals surface area (Å²) in [5.41, 5.74) is 6.26. The van der Waals surface area contributed by atoms with Crippen molar-refractivity contribution in [1.29, 1.82) is 0 Å². The molecule has 1 aromatic rings. The molecule has 1 unspecified atom stereocenters. The number of ether oxygens (including phenoxy) is 1. The fourth-order valence-corrected chi connectivity index (χ4v) is 2.75. The predicted molar refractivity (Wildman–Crippen MR) is 79.2 cm³/mol. The molecule has 0 bridgehead atoms. The Labute approximate surface area is 121 Å². The van der Waals surface area contributed by atoms with Gasteiger partial charge in [-0.25, -0.2) is 13.1 Å². The van der Waals surface area contributed by atoms with Crippen LogP contribution in [0.15, 0.2) is 23.1 Å². The number of methoxy groups -OCH3 is 1. The monoisotopic (exact) mass is 301 g/mol. The van der Waals surface area contributed by atoms with Crippen LogP contribution in [-0.4, -0.2) is 47.1 Å². The van der Waals surface area contributed by atoms with Crippen molar-refractivity contribution in [1.82, 2.24) is 9.62 Å². The number of nitrogens with zero attached hydrogens (tertiary/aromatic N) is 1. The Morgan fingerprint density at radius 3 is 2.55 bits per heavy atom. The molecule has 0 radical (unpaired) electrons. The highest BCUT2D eigenvalue weighted by atomic mass is 32.2. The van der Waals surface area contributed by atoms with E-state index < -0.39 is 10.0 Å². The second-order valence-electron chi connectivity index (χ2n) is 4.84. The lowest BCUT2D eigenvalue weighted by Gasteiger charge is -2.20. The van der Waals surface area contributed by atoms with E-state index in [0.29, 0.717) is 17.9 Å². The normalized spacial score (nSPS) is 13.5. The summed E-state index contributed by atoms with van der Waals surface area (Å²) < 4.78 is 32.2. The molecule has 3 N–H and O–H groups in total. The average Bonchev–Trinajstić information content (AvgIpc) is 2.43. The second kappa shape index (κ2) is 7.03. The Morgan fingerprint density at radius 1 is 1.40 bits per heavy atom. The van der Waals surface area contributed by atoms with Crippen molar-refractivity contribution in [3.05, 3.63) is 23.8 Å². The maximum atomic E-state index is 12.2. The summed E-state index contributed by atoms with van der Waals surface area (Å²) in [5.74, 6) is 0.591. The van der Waals surface area contributed by atoms with Gasteiger partial charge in [0.15, 0.2) is 0 Å². The van der Waals surface area contributed by atoms with Crippen molar-refractivity contribution in [2.45, 2.75) is 24.4 Å². The van der Waals surface area contributed by atoms with Gasteiger partial charge in [0.05, 0.1) is 12.0 Å². The van der Waals surface area contributed by atoms with Crippen LogP contribution in [0.1, 0.15) is 12.5 Å². The largest absolute Gasteiger partial charge is 0.496 e. The third-order valence-electron chi connectivity index (χ3n) is 3.23. The summed E-state index contributed by atoms with van der Waals surface area (Å²) >= 11 is 0. The van der Waals surface area contributed by atoms with Crippen LogP contribution in [0.3, 0.4) is 0 Å². The number of rotatable bonds is 7. The van der Waals surface area contributed by atoms with E-state index in [1.807, 2.05) is 25.9 Å². The van der Waals surface area contributed by atoms with Gasteiger partial charge in [0.25, 0.3) is 0 Å². The lowest BCUT2D eigenvalue weighted by molar-refractivity contribution is 0.314. The number of hydrogen-bond donors (Lipinski definition) is 2. The lowest BCUT2D eigenvalue weighted by atomic mass is 10.2. The van der Waals surface area contributed by atoms with Gasteiger partial charge < -0.3 is 15.4 Å². The molecule has 0 heterocycles. The summed E-state index contributed by atoms with van der Waals surface area (Å²) in [7, 11) is 1.80. The highest BCUT2D eigenvalue weighted by Crippen LogP contribution is 2.21. The molecule has 1 rings (SSSR count). The van der Waals surface area contributed by atoms with E-state index in [1.54, 1.807) is 12.1 Å². The topological polar surface area (TPSA) is 84.7 Å². The number of hydrogen-bond acceptors (Lipinski definition) is 5. The second-order valence-corrected chi connectivity index (χ2v) is 6.61. The van der Waals surface area contributed by atoms with Crippen molar-refractivity contribution < 1.29 is 13.2 Å². The van der Waals surface area contributed by atoms with Crippen LogP contribution >= 0.6 is 0 Å². The van der Waals surface area contributed by atoms with Crippen LogP contribution < -0.4 is 15.2 Å². The third kappa shape index (κ3) is 4.17. The van der Waals surface area contributed by atoms with Crippen LogP contribution in [0.4, 0.5) is 0 Å². The zero-order chi connectivity index (χ0) is 15.3. The van der Waals surface area contributed by atoms with Crippen molar-refractivity contribution >= 4 is 10.0 Å². The molecule has 0 aliphatic rings. The summed E-state index contributed by atoms with van der Waals surface area (Å²) in [6, 6.07) is 4.78. The summed E-state index contributed by atoms with van der Waals surface area (Å²) in [5, 5.41) is 0. The summed E-state index contributed by atoms with van der Waals surface area (Å²) in [4.78, 5) is 2.15. The minimum atomic E-state index is -3.53. The standard InChI is InChI=1S/C13H23N3O3S/c1-10(16(2)3)9-15-20(17,18)12-5-6-13(19-4)11(7-12)8-14/h5-7,10,15H,8-9,14H2,1-4H3. The fraction of sp³-hybridized carbons (Fsp3) is 0.538. The summed E-state index contributed by atoms with van der Waals surface area (Å²) in [6.45, 7) is 2.52. The third-order valence-corrected chi connectivity index (χ3v) is 4.65. The molecule has 0 saturated carbocycles. The molecule has 0 aliphatic heterocycles. The molecule has 0 aromatic heterocycles. The van der Waals surface area contributed by atoms with Gasteiger partial charge in [0.1, 0.15) is 5.75 Å². The van der Waals surface area contributed by atoms with E-state index in [-0.39, 0.29) is 17.5 Å². The molecule has 0 saturated heterocycles. The molecule has 1 aromatic carbocycles. The van der Waals surface area contributed by atoms with Crippen LogP contribution in [0.2, 0.25) is 0 Å². The number of sulfonamides is 1. The van der Waals surface area contributed by atoms with Crippen molar-refractivity contribution in [3.63, 3.8) is 0 Å². The van der Waals surface area contributed by atoms with Gasteiger partial charge >= 0.3 is 0 Å². The molecule has 0 aliphatic carbocycles. The van der Waals surface area contributed by atoms with Crippen LogP contribution in [0, 0.1) is 0 Å². The van der Waals surface area contributed by atoms with Crippen LogP contribution in [0.5, 0.6) is 5.75 Å². The van der Waals surface area contributed by atoms with E-state index in [1.165, 1.54) is 13.2 Å². The van der Waals surface area contributed by atoms with Gasteiger partial charge in [-0.05, 0) is 39.2 Å². The number of benzene rings is 1. The smallest absolute Gasteiger partial charge is 0.240 e. The minimum Gasteiger partial charge on any atom is -0.496 e. The first-order valence-corrected chi connectivity index (χ1v) is 7.83. The first kappa shape index (κ1) is 16.9. The first-order valence-electron chi connectivity index (χ1n) is 6.35. The summed E-state index contributed by atoms with van der Waals surface area (Å²) in [6.07, 6.45) is 0. The van der Waals surface area contributed by atoms with Crippen molar-refractivity contribution in [3.8, 4) is 5.75 Å². The van der Waals surface area contributed by atoms with Crippen molar-refractivity contribution in [2.75, 3.05) is 27.7 Å². The van der Waals surface area contributed by atoms with Crippen LogP contribution in [-0.2, 0) is 16.6 Å². The molecule has 0 fully saturated rings. The number of nitrogens with one attached hydrogen (secondary N) is 1. The van der Waals surface area contributed by atoms with Crippen LogP contribution in [0.25, 0.3) is 0 Å². The van der Waals surface area contributed by atoms with E-state index in [9.17, 15) is 8.42 Å². The van der Waals surface area contributed by atoms with Gasteiger partial charge in [0, 0.05) is 24.7 Å². The SMILES string of the molecule is COc1ccc(S(=O)(=O)NCC(C)N(C)C)cc1CN. The maximum absolute atomic E-state index is 12.2. The molecular weight excluding hydrogens is 278 g/mol. The zero-order valence-corrected chi connectivity index (χ0v) is 13.2. The Kier molecular flexibility index (Phi) is 5.94. The molecular formula is C13H23N3O3S. The molecule has 20 heavy (non-hydrogen) atoms. The minimum absolute atomic E-state index is 0.108. The average molecular weight is 301 g/mol. The van der Waals surface area contributed by atoms with Crippen molar-refractivity contribution in [2.24, 2.45) is 5.73 Å². The molecule has 114 valence electrons. The molecule has 1 atom stereocenters. The van der Waals surface area contributed by atoms with Gasteiger partial charge in [-0.3, -0.25) is 0 Å². The highest BCUT2D eigenvalue weighted by molar-refractivity contribution is 7.89. The molecule has 0 amide bonds. The first-order chi connectivity index (χ1) is 9.31. The highest BCUT2D eigenvalue weighted by Gasteiger charge is 2.17. The number of likely N-dealkylation sites (N-methyl/N-ethyl adjacent to an activating group) is 1. The molecule has 0 spiro atoms. The van der Waals surface area contributed by atoms with E-state index in [2.05, 4.69) is 4.72 Å². The zero-order valence-electron chi connectivity index (χ0n) is 12.4. The predicted octanol–water partition coefficient (Wildman–Crippen LogP) is 0.382. The maximum Gasteiger partial charge on any atom is 0.240 e. The van der Waals surface area contributed by atoms with E-state index in [4.69, 9.17) is 10.5 Å². The Hall–Kier alpha value is -1.15. The lowest BCUT2D eigenvalue weighted by Crippen LogP contribution is -2.38. The van der Waals surface area contributed by atoms with Gasteiger partial charge in [-0.1, -0.05) is 0 Å². The van der Waals surface area contributed by atoms with Gasteiger partial charge in [-0.2, -0.15) is 0 Å². The fourth-order valence-electron chi connectivity index (χ4n) is 1.58.